The van der Waals surface area contributed by atoms with Crippen molar-refractivity contribution in [2.45, 2.75) is 4.90 Å². The minimum Gasteiger partial charge on any atom is -0.320 e. The third-order valence-corrected chi connectivity index (χ3v) is 4.78. The van der Waals surface area contributed by atoms with Gasteiger partial charge < -0.3 is 5.73 Å². The van der Waals surface area contributed by atoms with Gasteiger partial charge >= 0.3 is 0 Å². The quantitative estimate of drug-likeness (QED) is 0.795. The van der Waals surface area contributed by atoms with E-state index in [0.29, 0.717) is 12.1 Å². The zero-order valence-corrected chi connectivity index (χ0v) is 12.6. The third-order valence-electron chi connectivity index (χ3n) is 2.37. The average molecular weight is 299 g/mol. The van der Waals surface area contributed by atoms with Gasteiger partial charge in [-0.05, 0) is 12.3 Å². The minimum absolute atomic E-state index is 0.153. The van der Waals surface area contributed by atoms with Crippen molar-refractivity contribution in [3.8, 4) is 11.8 Å². The fraction of sp³-hybridized carbons (Fsp3) is 0.417. The molecule has 0 saturated heterocycles. The van der Waals surface area contributed by atoms with Gasteiger partial charge in [-0.15, -0.1) is 0 Å². The normalized spacial score (nSPS) is 11.2. The summed E-state index contributed by atoms with van der Waals surface area (Å²) in [7, 11) is -1.94. The molecule has 1 rings (SSSR count). The molecule has 0 atom stereocenters. The Labute approximate surface area is 118 Å². The Balaban J connectivity index is 3.01. The van der Waals surface area contributed by atoms with Crippen molar-refractivity contribution >= 4 is 21.8 Å². The molecule has 0 saturated carbocycles. The molecule has 19 heavy (non-hydrogen) atoms. The fourth-order valence-electron chi connectivity index (χ4n) is 1.30. The maximum absolute atomic E-state index is 12.3. The summed E-state index contributed by atoms with van der Waals surface area (Å²) in [4.78, 5) is 4.06. The molecule has 0 spiro atoms. The Kier molecular flexibility index (Phi) is 6.31. The topological polar surface area (TPSA) is 76.3 Å². The highest BCUT2D eigenvalue weighted by atomic mass is 32.2. The van der Waals surface area contributed by atoms with Crippen molar-refractivity contribution in [1.82, 2.24) is 9.29 Å². The molecule has 0 aliphatic heterocycles. The first kappa shape index (κ1) is 16.0. The largest absolute Gasteiger partial charge is 0.320 e. The molecule has 0 radical (unpaired) electrons. The number of hydrogen-bond donors (Lipinski definition) is 1. The molecular weight excluding hydrogens is 282 g/mol. The summed E-state index contributed by atoms with van der Waals surface area (Å²) < 4.78 is 25.9. The molecule has 0 aromatic carbocycles. The molecule has 1 aromatic rings. The van der Waals surface area contributed by atoms with Gasteiger partial charge in [0, 0.05) is 37.3 Å². The SMILES string of the molecule is CSCCN(C)S(=O)(=O)c1cncc(C#CCN)c1. The first-order valence-electron chi connectivity index (χ1n) is 5.61. The maximum atomic E-state index is 12.3. The van der Waals surface area contributed by atoms with Crippen molar-refractivity contribution in [3.05, 3.63) is 24.0 Å². The number of pyridine rings is 1. The van der Waals surface area contributed by atoms with Gasteiger partial charge in [-0.2, -0.15) is 11.8 Å². The molecule has 0 bridgehead atoms. The van der Waals surface area contributed by atoms with E-state index in [0.717, 1.165) is 5.75 Å². The summed E-state index contributed by atoms with van der Waals surface area (Å²) in [5, 5.41) is 0. The monoisotopic (exact) mass is 299 g/mol. The fourth-order valence-corrected chi connectivity index (χ4v) is 3.03. The number of nitrogens with zero attached hydrogens (tertiary/aromatic N) is 2. The molecule has 1 aromatic heterocycles. The summed E-state index contributed by atoms with van der Waals surface area (Å²) in [6.07, 6.45) is 4.78. The molecular formula is C12H17N3O2S2. The van der Waals surface area contributed by atoms with Crippen LogP contribution in [0.2, 0.25) is 0 Å². The number of aromatic nitrogens is 1. The van der Waals surface area contributed by atoms with Crippen molar-refractivity contribution in [3.63, 3.8) is 0 Å². The van der Waals surface area contributed by atoms with E-state index in [1.54, 1.807) is 18.8 Å². The van der Waals surface area contributed by atoms with Crippen LogP contribution in [0.15, 0.2) is 23.4 Å². The van der Waals surface area contributed by atoms with Crippen LogP contribution in [-0.4, -0.2) is 49.9 Å². The van der Waals surface area contributed by atoms with Crippen LogP contribution in [-0.2, 0) is 10.0 Å². The highest BCUT2D eigenvalue weighted by Gasteiger charge is 2.20. The minimum atomic E-state index is -3.50. The van der Waals surface area contributed by atoms with Crippen LogP contribution in [0.5, 0.6) is 0 Å². The van der Waals surface area contributed by atoms with Gasteiger partial charge in [0.2, 0.25) is 10.0 Å². The standard InChI is InChI=1S/C12H17N3O2S2/c1-15(6-7-18-2)19(16,17)12-8-11(4-3-5-13)9-14-10-12/h8-10H,5-7,13H2,1-2H3. The second-order valence-corrected chi connectivity index (χ2v) is 6.77. The van der Waals surface area contributed by atoms with Gasteiger partial charge in [0.1, 0.15) is 4.90 Å². The summed E-state index contributed by atoms with van der Waals surface area (Å²) in [5.74, 6) is 6.19. The molecule has 2 N–H and O–H groups in total. The first-order valence-corrected chi connectivity index (χ1v) is 8.45. The zero-order valence-electron chi connectivity index (χ0n) is 11.0. The zero-order chi connectivity index (χ0) is 14.3. The molecule has 104 valence electrons. The van der Waals surface area contributed by atoms with Crippen molar-refractivity contribution < 1.29 is 8.42 Å². The van der Waals surface area contributed by atoms with Crippen LogP contribution < -0.4 is 5.73 Å². The average Bonchev–Trinajstić information content (AvgIpc) is 2.42. The van der Waals surface area contributed by atoms with E-state index < -0.39 is 10.0 Å². The van der Waals surface area contributed by atoms with Gasteiger partial charge in [0.25, 0.3) is 0 Å². The summed E-state index contributed by atoms with van der Waals surface area (Å²) in [5.41, 5.74) is 5.83. The van der Waals surface area contributed by atoms with Crippen LogP contribution in [0.1, 0.15) is 5.56 Å². The van der Waals surface area contributed by atoms with E-state index >= 15 is 0 Å². The van der Waals surface area contributed by atoms with Crippen LogP contribution in [0.3, 0.4) is 0 Å². The van der Waals surface area contributed by atoms with E-state index in [2.05, 4.69) is 16.8 Å². The van der Waals surface area contributed by atoms with Crippen molar-refractivity contribution in [2.75, 3.05) is 32.1 Å². The van der Waals surface area contributed by atoms with Crippen LogP contribution in [0.25, 0.3) is 0 Å². The van der Waals surface area contributed by atoms with E-state index in [9.17, 15) is 8.42 Å². The number of thioether (sulfide) groups is 1. The summed E-state index contributed by atoms with van der Waals surface area (Å²) in [6.45, 7) is 0.687. The second-order valence-electron chi connectivity index (χ2n) is 3.73. The van der Waals surface area contributed by atoms with Gasteiger partial charge in [0.05, 0.1) is 6.54 Å². The summed E-state index contributed by atoms with van der Waals surface area (Å²) in [6, 6.07) is 1.51. The van der Waals surface area contributed by atoms with Crippen molar-refractivity contribution in [2.24, 2.45) is 5.73 Å². The van der Waals surface area contributed by atoms with Gasteiger partial charge in [0.15, 0.2) is 0 Å². The van der Waals surface area contributed by atoms with E-state index in [4.69, 9.17) is 5.73 Å². The lowest BCUT2D eigenvalue weighted by atomic mass is 10.3. The number of nitrogens with two attached hydrogens (primary N) is 1. The van der Waals surface area contributed by atoms with E-state index in [-0.39, 0.29) is 11.4 Å². The number of rotatable bonds is 5. The molecule has 1 heterocycles. The smallest absolute Gasteiger partial charge is 0.244 e. The van der Waals surface area contributed by atoms with Crippen LogP contribution in [0, 0.1) is 11.8 Å². The Morgan fingerprint density at radius 3 is 2.84 bits per heavy atom. The molecule has 0 amide bonds. The van der Waals surface area contributed by atoms with Crippen molar-refractivity contribution in [1.29, 1.82) is 0 Å². The Hall–Kier alpha value is -1.07. The predicted octanol–water partition coefficient (Wildman–Crippen LogP) is 0.375. The lowest BCUT2D eigenvalue weighted by Gasteiger charge is -2.16. The summed E-state index contributed by atoms with van der Waals surface area (Å²) >= 11 is 1.60. The first-order chi connectivity index (χ1) is 9.02. The molecule has 5 nitrogen and oxygen atoms in total. The predicted molar refractivity (Wildman–Crippen MR) is 78.4 cm³/mol. The Morgan fingerprint density at radius 2 is 2.21 bits per heavy atom. The second kappa shape index (κ2) is 7.50. The highest BCUT2D eigenvalue weighted by molar-refractivity contribution is 7.98. The van der Waals surface area contributed by atoms with E-state index in [1.165, 1.54) is 22.8 Å². The third kappa shape index (κ3) is 4.51. The van der Waals surface area contributed by atoms with Gasteiger partial charge in [-0.25, -0.2) is 12.7 Å². The lowest BCUT2D eigenvalue weighted by molar-refractivity contribution is 0.488. The molecule has 0 aliphatic rings. The number of sulfonamides is 1. The van der Waals surface area contributed by atoms with Gasteiger partial charge in [-0.3, -0.25) is 4.98 Å². The van der Waals surface area contributed by atoms with Crippen LogP contribution in [0.4, 0.5) is 0 Å². The highest BCUT2D eigenvalue weighted by Crippen LogP contribution is 2.14. The maximum Gasteiger partial charge on any atom is 0.244 e. The lowest BCUT2D eigenvalue weighted by Crippen LogP contribution is -2.29. The van der Waals surface area contributed by atoms with E-state index in [1.807, 2.05) is 6.26 Å². The van der Waals surface area contributed by atoms with Gasteiger partial charge in [-0.1, -0.05) is 11.8 Å². The Morgan fingerprint density at radius 1 is 1.47 bits per heavy atom. The number of hydrogen-bond acceptors (Lipinski definition) is 5. The van der Waals surface area contributed by atoms with Crippen LogP contribution >= 0.6 is 11.8 Å². The molecule has 7 heteroatoms. The molecule has 0 unspecified atom stereocenters. The molecule has 0 aliphatic carbocycles. The Bertz CT molecular complexity index is 576. The molecule has 0 fully saturated rings.